The Labute approximate surface area is 90.0 Å². The van der Waals surface area contributed by atoms with Crippen LogP contribution >= 0.6 is 0 Å². The fourth-order valence-electron chi connectivity index (χ4n) is 0.931. The van der Waals surface area contributed by atoms with Crippen LogP contribution in [0.25, 0.3) is 0 Å². The molecule has 0 rings (SSSR count). The summed E-state index contributed by atoms with van der Waals surface area (Å²) in [5.74, 6) is -0.751. The van der Waals surface area contributed by atoms with Crippen molar-refractivity contribution < 1.29 is 14.7 Å². The van der Waals surface area contributed by atoms with Gasteiger partial charge in [-0.25, -0.2) is 0 Å². The van der Waals surface area contributed by atoms with Crippen LogP contribution in [0.1, 0.15) is 33.1 Å². The monoisotopic (exact) mass is 216 g/mol. The minimum Gasteiger partial charge on any atom is -0.480 e. The van der Waals surface area contributed by atoms with Gasteiger partial charge in [0, 0.05) is 13.0 Å². The third kappa shape index (κ3) is 6.90. The van der Waals surface area contributed by atoms with E-state index in [0.29, 0.717) is 12.5 Å². The van der Waals surface area contributed by atoms with E-state index in [9.17, 15) is 9.59 Å². The summed E-state index contributed by atoms with van der Waals surface area (Å²) in [5.41, 5.74) is 5.27. The van der Waals surface area contributed by atoms with Crippen LogP contribution in [-0.4, -0.2) is 29.6 Å². The average molecular weight is 216 g/mol. The predicted molar refractivity (Wildman–Crippen MR) is 57.3 cm³/mol. The lowest BCUT2D eigenvalue weighted by atomic mass is 10.1. The van der Waals surface area contributed by atoms with Crippen LogP contribution in [0.5, 0.6) is 0 Å². The van der Waals surface area contributed by atoms with Crippen LogP contribution in [0.4, 0.5) is 0 Å². The molecule has 0 fully saturated rings. The molecule has 5 nitrogen and oxygen atoms in total. The Morgan fingerprint density at radius 3 is 2.53 bits per heavy atom. The maximum absolute atomic E-state index is 11.2. The molecule has 0 aromatic rings. The number of carboxylic acid groups (broad SMARTS) is 1. The molecule has 0 radical (unpaired) electrons. The second-order valence-corrected chi connectivity index (χ2v) is 3.80. The zero-order valence-corrected chi connectivity index (χ0v) is 9.32. The summed E-state index contributed by atoms with van der Waals surface area (Å²) in [6, 6.07) is -0.945. The maximum Gasteiger partial charge on any atom is 0.320 e. The van der Waals surface area contributed by atoms with Crippen LogP contribution in [0.2, 0.25) is 0 Å². The fourth-order valence-corrected chi connectivity index (χ4v) is 0.931. The Bertz CT molecular complexity index is 219. The molecule has 4 N–H and O–H groups in total. The first-order valence-electron chi connectivity index (χ1n) is 5.22. The van der Waals surface area contributed by atoms with Gasteiger partial charge in [-0.15, -0.1) is 0 Å². The number of carbonyl (C=O) groups excluding carboxylic acids is 1. The Morgan fingerprint density at radius 1 is 1.47 bits per heavy atom. The van der Waals surface area contributed by atoms with Crippen LogP contribution in [0.3, 0.4) is 0 Å². The largest absolute Gasteiger partial charge is 0.480 e. The maximum atomic E-state index is 11.2. The highest BCUT2D eigenvalue weighted by atomic mass is 16.4. The molecule has 0 bridgehead atoms. The van der Waals surface area contributed by atoms with Gasteiger partial charge in [-0.05, 0) is 12.3 Å². The quantitative estimate of drug-likeness (QED) is 0.572. The molecular formula is C10H20N2O3. The number of carbonyl (C=O) groups is 2. The summed E-state index contributed by atoms with van der Waals surface area (Å²) in [7, 11) is 0. The molecule has 0 heterocycles. The van der Waals surface area contributed by atoms with Crippen molar-refractivity contribution in [2.75, 3.05) is 6.54 Å². The molecule has 1 amide bonds. The van der Waals surface area contributed by atoms with Gasteiger partial charge in [0.05, 0.1) is 0 Å². The molecule has 0 saturated carbocycles. The second kappa shape index (κ2) is 7.23. The number of nitrogens with one attached hydrogen (secondary N) is 1. The Hall–Kier alpha value is -1.10. The molecule has 0 saturated heterocycles. The Balaban J connectivity index is 3.62. The summed E-state index contributed by atoms with van der Waals surface area (Å²) in [4.78, 5) is 21.6. The van der Waals surface area contributed by atoms with Crippen molar-refractivity contribution in [1.29, 1.82) is 0 Å². The molecular weight excluding hydrogens is 196 g/mol. The van der Waals surface area contributed by atoms with Gasteiger partial charge in [-0.1, -0.05) is 20.3 Å². The molecule has 88 valence electrons. The molecule has 0 aliphatic heterocycles. The standard InChI is InChI=1S/C10H20N2O3/c1-3-7(2)6-12-9(13)5-4-8(11)10(14)15/h7-8H,3-6,11H2,1-2H3,(H,12,13)(H,14,15)/t7?,8-/m0/s1. The summed E-state index contributed by atoms with van der Waals surface area (Å²) >= 11 is 0. The Kier molecular flexibility index (Phi) is 6.70. The van der Waals surface area contributed by atoms with Crippen LogP contribution < -0.4 is 11.1 Å². The lowest BCUT2D eigenvalue weighted by Gasteiger charge is -2.10. The van der Waals surface area contributed by atoms with Crippen molar-refractivity contribution in [3.05, 3.63) is 0 Å². The van der Waals surface area contributed by atoms with Gasteiger partial charge < -0.3 is 16.2 Å². The first-order valence-corrected chi connectivity index (χ1v) is 5.22. The molecule has 0 spiro atoms. The van der Waals surface area contributed by atoms with Crippen LogP contribution in [0, 0.1) is 5.92 Å². The van der Waals surface area contributed by atoms with E-state index < -0.39 is 12.0 Å². The highest BCUT2D eigenvalue weighted by Crippen LogP contribution is 1.99. The molecule has 2 atom stereocenters. The van der Waals surface area contributed by atoms with E-state index in [2.05, 4.69) is 12.2 Å². The second-order valence-electron chi connectivity index (χ2n) is 3.80. The number of rotatable bonds is 7. The zero-order chi connectivity index (χ0) is 11.8. The zero-order valence-electron chi connectivity index (χ0n) is 9.32. The predicted octanol–water partition coefficient (Wildman–Crippen LogP) is 0.341. The van der Waals surface area contributed by atoms with Crippen LogP contribution in [0.15, 0.2) is 0 Å². The topological polar surface area (TPSA) is 92.4 Å². The van der Waals surface area contributed by atoms with E-state index in [1.54, 1.807) is 0 Å². The third-order valence-corrected chi connectivity index (χ3v) is 2.34. The van der Waals surface area contributed by atoms with E-state index >= 15 is 0 Å². The molecule has 15 heavy (non-hydrogen) atoms. The number of hydrogen-bond donors (Lipinski definition) is 3. The lowest BCUT2D eigenvalue weighted by molar-refractivity contribution is -0.138. The van der Waals surface area contributed by atoms with Crippen molar-refractivity contribution in [3.63, 3.8) is 0 Å². The van der Waals surface area contributed by atoms with Gasteiger partial charge in [-0.3, -0.25) is 9.59 Å². The first kappa shape index (κ1) is 13.9. The van der Waals surface area contributed by atoms with Crippen LogP contribution in [-0.2, 0) is 9.59 Å². The summed E-state index contributed by atoms with van der Waals surface area (Å²) in [6.07, 6.45) is 1.36. The SMILES string of the molecule is CCC(C)CNC(=O)CC[C@H](N)C(=O)O. The van der Waals surface area contributed by atoms with E-state index in [1.807, 2.05) is 6.92 Å². The van der Waals surface area contributed by atoms with Gasteiger partial charge in [0.25, 0.3) is 0 Å². The van der Waals surface area contributed by atoms with Gasteiger partial charge in [0.1, 0.15) is 6.04 Å². The van der Waals surface area contributed by atoms with Crippen molar-refractivity contribution in [3.8, 4) is 0 Å². The third-order valence-electron chi connectivity index (χ3n) is 2.34. The van der Waals surface area contributed by atoms with Gasteiger partial charge >= 0.3 is 5.97 Å². The van der Waals surface area contributed by atoms with Crippen molar-refractivity contribution in [2.45, 2.75) is 39.2 Å². The number of nitrogens with two attached hydrogens (primary N) is 1. The van der Waals surface area contributed by atoms with E-state index in [4.69, 9.17) is 10.8 Å². The minimum absolute atomic E-state index is 0.132. The fraction of sp³-hybridized carbons (Fsp3) is 0.800. The lowest BCUT2D eigenvalue weighted by Crippen LogP contribution is -2.33. The van der Waals surface area contributed by atoms with Crippen molar-refractivity contribution in [1.82, 2.24) is 5.32 Å². The molecule has 1 unspecified atom stereocenters. The van der Waals surface area contributed by atoms with Gasteiger partial charge in [0.15, 0.2) is 0 Å². The van der Waals surface area contributed by atoms with E-state index in [1.165, 1.54) is 0 Å². The van der Waals surface area contributed by atoms with E-state index in [-0.39, 0.29) is 18.7 Å². The highest BCUT2D eigenvalue weighted by Gasteiger charge is 2.13. The molecule has 0 aromatic heterocycles. The number of hydrogen-bond acceptors (Lipinski definition) is 3. The molecule has 0 aliphatic rings. The molecule has 0 aliphatic carbocycles. The smallest absolute Gasteiger partial charge is 0.320 e. The summed E-state index contributed by atoms with van der Waals surface area (Å²) < 4.78 is 0. The van der Waals surface area contributed by atoms with Gasteiger partial charge in [-0.2, -0.15) is 0 Å². The number of carboxylic acids is 1. The van der Waals surface area contributed by atoms with Crippen molar-refractivity contribution in [2.24, 2.45) is 11.7 Å². The minimum atomic E-state index is -1.07. The first-order chi connectivity index (χ1) is 6.97. The highest BCUT2D eigenvalue weighted by molar-refractivity contribution is 5.78. The van der Waals surface area contributed by atoms with Gasteiger partial charge in [0.2, 0.25) is 5.91 Å². The number of aliphatic carboxylic acids is 1. The average Bonchev–Trinajstić information content (AvgIpc) is 2.21. The molecule has 5 heteroatoms. The summed E-state index contributed by atoms with van der Waals surface area (Å²) in [5, 5.41) is 11.2. The summed E-state index contributed by atoms with van der Waals surface area (Å²) in [6.45, 7) is 4.73. The van der Waals surface area contributed by atoms with E-state index in [0.717, 1.165) is 6.42 Å². The van der Waals surface area contributed by atoms with Crippen molar-refractivity contribution >= 4 is 11.9 Å². The Morgan fingerprint density at radius 2 is 2.07 bits per heavy atom. The molecule has 0 aromatic carbocycles. The number of amides is 1. The normalized spacial score (nSPS) is 14.3.